The highest BCUT2D eigenvalue weighted by Crippen LogP contribution is 2.30. The second kappa shape index (κ2) is 6.41. The van der Waals surface area contributed by atoms with Crippen molar-refractivity contribution in [2.45, 2.75) is 31.5 Å². The van der Waals surface area contributed by atoms with E-state index in [4.69, 9.17) is 9.47 Å². The molecule has 1 fully saturated rings. The Morgan fingerprint density at radius 1 is 1.42 bits per heavy atom. The van der Waals surface area contributed by atoms with Crippen molar-refractivity contribution in [1.82, 2.24) is 5.32 Å². The summed E-state index contributed by atoms with van der Waals surface area (Å²) in [7, 11) is 1.65. The lowest BCUT2D eigenvalue weighted by Crippen LogP contribution is -2.40. The molecule has 0 unspecified atom stereocenters. The summed E-state index contributed by atoms with van der Waals surface area (Å²) in [5.41, 5.74) is 0.665. The maximum absolute atomic E-state index is 13.3. The molecule has 2 rings (SSSR count). The van der Waals surface area contributed by atoms with Gasteiger partial charge in [-0.1, -0.05) is 6.07 Å². The molecular formula is C14H19F2NO2. The molecule has 1 heterocycles. The van der Waals surface area contributed by atoms with Crippen molar-refractivity contribution in [3.63, 3.8) is 0 Å². The first-order valence-corrected chi connectivity index (χ1v) is 6.43. The number of halogens is 2. The van der Waals surface area contributed by atoms with Gasteiger partial charge in [0, 0.05) is 25.8 Å². The van der Waals surface area contributed by atoms with Crippen LogP contribution in [0.1, 0.15) is 25.0 Å². The van der Waals surface area contributed by atoms with Gasteiger partial charge < -0.3 is 14.8 Å². The average Bonchev–Trinajstić information content (AvgIpc) is 2.81. The molecule has 3 atom stereocenters. The summed E-state index contributed by atoms with van der Waals surface area (Å²) >= 11 is 0. The van der Waals surface area contributed by atoms with Crippen LogP contribution in [0.2, 0.25) is 0 Å². The molecule has 1 aliphatic heterocycles. The first-order valence-electron chi connectivity index (χ1n) is 6.43. The van der Waals surface area contributed by atoms with Crippen molar-refractivity contribution >= 4 is 0 Å². The molecule has 1 aromatic rings. The number of methoxy groups -OCH3 is 1. The van der Waals surface area contributed by atoms with Crippen molar-refractivity contribution < 1.29 is 18.3 Å². The van der Waals surface area contributed by atoms with Crippen molar-refractivity contribution in [1.29, 1.82) is 0 Å². The number of rotatable bonds is 5. The Hall–Kier alpha value is -1.04. The van der Waals surface area contributed by atoms with E-state index in [1.165, 1.54) is 6.07 Å². The Labute approximate surface area is 111 Å². The van der Waals surface area contributed by atoms with Gasteiger partial charge in [0.25, 0.3) is 0 Å². The molecule has 0 radical (unpaired) electrons. The number of benzene rings is 1. The van der Waals surface area contributed by atoms with Crippen LogP contribution >= 0.6 is 0 Å². The Morgan fingerprint density at radius 2 is 2.21 bits per heavy atom. The summed E-state index contributed by atoms with van der Waals surface area (Å²) in [6.07, 6.45) is 0.604. The summed E-state index contributed by atoms with van der Waals surface area (Å²) in [5.74, 6) is -1.67. The van der Waals surface area contributed by atoms with Crippen molar-refractivity contribution in [2.24, 2.45) is 0 Å². The predicted molar refractivity (Wildman–Crippen MR) is 67.9 cm³/mol. The predicted octanol–water partition coefficient (Wildman–Crippen LogP) is 2.42. The van der Waals surface area contributed by atoms with Crippen LogP contribution in [0.15, 0.2) is 18.2 Å². The molecule has 3 nitrogen and oxygen atoms in total. The molecule has 19 heavy (non-hydrogen) atoms. The summed E-state index contributed by atoms with van der Waals surface area (Å²) in [4.78, 5) is 0. The van der Waals surface area contributed by atoms with Crippen LogP contribution in [0.3, 0.4) is 0 Å². The average molecular weight is 271 g/mol. The Bertz CT molecular complexity index is 428. The lowest BCUT2D eigenvalue weighted by molar-refractivity contribution is 0.0910. The smallest absolute Gasteiger partial charge is 0.159 e. The molecule has 0 bridgehead atoms. The van der Waals surface area contributed by atoms with Gasteiger partial charge in [0.2, 0.25) is 0 Å². The minimum atomic E-state index is -0.836. The number of hydrogen-bond donors (Lipinski definition) is 1. The van der Waals surface area contributed by atoms with E-state index in [1.54, 1.807) is 13.2 Å². The number of hydrogen-bond acceptors (Lipinski definition) is 3. The normalized spacial score (nSPS) is 24.6. The highest BCUT2D eigenvalue weighted by atomic mass is 19.2. The number of ether oxygens (including phenoxy) is 2. The van der Waals surface area contributed by atoms with Crippen LogP contribution in [0, 0.1) is 11.6 Å². The van der Waals surface area contributed by atoms with Gasteiger partial charge in [0.15, 0.2) is 11.6 Å². The quantitative estimate of drug-likeness (QED) is 0.892. The molecule has 0 spiro atoms. The van der Waals surface area contributed by atoms with E-state index in [1.807, 2.05) is 6.92 Å². The van der Waals surface area contributed by atoms with Crippen LogP contribution in [0.5, 0.6) is 0 Å². The minimum absolute atomic E-state index is 0.0926. The van der Waals surface area contributed by atoms with E-state index in [9.17, 15) is 8.78 Å². The highest BCUT2D eigenvalue weighted by molar-refractivity contribution is 5.22. The summed E-state index contributed by atoms with van der Waals surface area (Å²) in [5, 5.41) is 3.40. The lowest BCUT2D eigenvalue weighted by atomic mass is 10.0. The van der Waals surface area contributed by atoms with Crippen LogP contribution < -0.4 is 5.32 Å². The minimum Gasteiger partial charge on any atom is -0.383 e. The largest absolute Gasteiger partial charge is 0.383 e. The van der Waals surface area contributed by atoms with Gasteiger partial charge in [-0.15, -0.1) is 0 Å². The SMILES string of the molecule is COC[C@H](C)N[C@@H]1CCO[C@@H]1c1ccc(F)c(F)c1. The van der Waals surface area contributed by atoms with Gasteiger partial charge >= 0.3 is 0 Å². The Balaban J connectivity index is 2.07. The molecule has 1 N–H and O–H groups in total. The molecule has 0 saturated carbocycles. The second-order valence-corrected chi connectivity index (χ2v) is 4.88. The Kier molecular flexibility index (Phi) is 4.85. The standard InChI is InChI=1S/C14H19F2NO2/c1-9(8-18-2)17-13-5-6-19-14(13)10-3-4-11(15)12(16)7-10/h3-4,7,9,13-14,17H,5-6,8H2,1-2H3/t9-,13+,14+/m0/s1. The summed E-state index contributed by atoms with van der Waals surface area (Å²) in [6, 6.07) is 4.20. The van der Waals surface area contributed by atoms with Crippen LogP contribution in [0.25, 0.3) is 0 Å². The summed E-state index contributed by atoms with van der Waals surface area (Å²) in [6.45, 7) is 3.23. The Morgan fingerprint density at radius 3 is 2.89 bits per heavy atom. The van der Waals surface area contributed by atoms with E-state index < -0.39 is 11.6 Å². The van der Waals surface area contributed by atoms with E-state index in [-0.39, 0.29) is 18.2 Å². The molecule has 106 valence electrons. The molecule has 0 amide bonds. The maximum atomic E-state index is 13.3. The highest BCUT2D eigenvalue weighted by Gasteiger charge is 2.30. The van der Waals surface area contributed by atoms with Gasteiger partial charge in [-0.05, 0) is 31.0 Å². The van der Waals surface area contributed by atoms with E-state index in [2.05, 4.69) is 5.32 Å². The van der Waals surface area contributed by atoms with Gasteiger partial charge in [-0.25, -0.2) is 8.78 Å². The van der Waals surface area contributed by atoms with Crippen molar-refractivity contribution in [3.05, 3.63) is 35.4 Å². The van der Waals surface area contributed by atoms with E-state index >= 15 is 0 Å². The third-order valence-electron chi connectivity index (χ3n) is 3.28. The van der Waals surface area contributed by atoms with Crippen molar-refractivity contribution in [3.8, 4) is 0 Å². The maximum Gasteiger partial charge on any atom is 0.159 e. The van der Waals surface area contributed by atoms with E-state index in [0.29, 0.717) is 18.8 Å². The zero-order chi connectivity index (χ0) is 13.8. The fraction of sp³-hybridized carbons (Fsp3) is 0.571. The molecular weight excluding hydrogens is 252 g/mol. The third kappa shape index (κ3) is 3.49. The zero-order valence-electron chi connectivity index (χ0n) is 11.2. The first-order chi connectivity index (χ1) is 9.11. The van der Waals surface area contributed by atoms with Crippen LogP contribution in [-0.2, 0) is 9.47 Å². The molecule has 0 aromatic heterocycles. The van der Waals surface area contributed by atoms with Gasteiger partial charge in [0.1, 0.15) is 0 Å². The fourth-order valence-corrected chi connectivity index (χ4v) is 2.44. The number of nitrogens with one attached hydrogen (secondary N) is 1. The first kappa shape index (κ1) is 14.4. The van der Waals surface area contributed by atoms with Gasteiger partial charge in [0.05, 0.1) is 12.7 Å². The fourth-order valence-electron chi connectivity index (χ4n) is 2.44. The van der Waals surface area contributed by atoms with Gasteiger partial charge in [-0.3, -0.25) is 0 Å². The monoisotopic (exact) mass is 271 g/mol. The van der Waals surface area contributed by atoms with Crippen LogP contribution in [-0.4, -0.2) is 32.4 Å². The third-order valence-corrected chi connectivity index (χ3v) is 3.28. The van der Waals surface area contributed by atoms with E-state index in [0.717, 1.165) is 12.5 Å². The lowest BCUT2D eigenvalue weighted by Gasteiger charge is -2.24. The molecule has 0 aliphatic carbocycles. The molecule has 1 aliphatic rings. The second-order valence-electron chi connectivity index (χ2n) is 4.88. The summed E-state index contributed by atoms with van der Waals surface area (Å²) < 4.78 is 36.9. The van der Waals surface area contributed by atoms with Gasteiger partial charge in [-0.2, -0.15) is 0 Å². The van der Waals surface area contributed by atoms with Crippen LogP contribution in [0.4, 0.5) is 8.78 Å². The van der Waals surface area contributed by atoms with Crippen molar-refractivity contribution in [2.75, 3.05) is 20.3 Å². The molecule has 1 saturated heterocycles. The molecule has 1 aromatic carbocycles. The topological polar surface area (TPSA) is 30.5 Å². The molecule has 5 heteroatoms. The zero-order valence-corrected chi connectivity index (χ0v) is 11.2.